The van der Waals surface area contributed by atoms with Crippen LogP contribution in [0, 0.1) is 12.3 Å². The molecule has 0 saturated heterocycles. The molecule has 5 nitrogen and oxygen atoms in total. The van der Waals surface area contributed by atoms with Crippen molar-refractivity contribution >= 4 is 5.84 Å². The van der Waals surface area contributed by atoms with Crippen LogP contribution in [-0.4, -0.2) is 39.4 Å². The van der Waals surface area contributed by atoms with E-state index in [0.717, 1.165) is 31.5 Å². The van der Waals surface area contributed by atoms with Gasteiger partial charge in [-0.15, -0.1) is 0 Å². The Bertz CT molecular complexity index is 380. The predicted molar refractivity (Wildman–Crippen MR) is 68.1 cm³/mol. The first-order valence-corrected chi connectivity index (χ1v) is 6.21. The average molecular weight is 235 g/mol. The van der Waals surface area contributed by atoms with E-state index in [1.165, 1.54) is 12.8 Å². The van der Waals surface area contributed by atoms with Crippen LogP contribution in [0.15, 0.2) is 12.4 Å². The lowest BCUT2D eigenvalue weighted by atomic mass is 10.3. The second-order valence-corrected chi connectivity index (χ2v) is 4.71. The fraction of sp³-hybridized carbons (Fsp3) is 0.667. The number of nitrogens with zero attached hydrogens (tertiary/aromatic N) is 3. The van der Waals surface area contributed by atoms with Gasteiger partial charge in [0, 0.05) is 44.5 Å². The molecule has 0 spiro atoms. The molecule has 0 aromatic carbocycles. The van der Waals surface area contributed by atoms with Crippen molar-refractivity contribution in [1.29, 1.82) is 5.41 Å². The van der Waals surface area contributed by atoms with Crippen LogP contribution in [0.2, 0.25) is 0 Å². The van der Waals surface area contributed by atoms with E-state index in [2.05, 4.69) is 14.5 Å². The Morgan fingerprint density at radius 1 is 1.59 bits per heavy atom. The van der Waals surface area contributed by atoms with Gasteiger partial charge in [0.05, 0.1) is 5.84 Å². The summed E-state index contributed by atoms with van der Waals surface area (Å²) < 4.78 is 2.17. The third kappa shape index (κ3) is 3.56. The van der Waals surface area contributed by atoms with E-state index in [-0.39, 0.29) is 5.84 Å². The molecule has 1 aliphatic rings. The first kappa shape index (κ1) is 12.1. The molecule has 0 amide bonds. The van der Waals surface area contributed by atoms with E-state index in [1.54, 1.807) is 0 Å². The maximum Gasteiger partial charge on any atom is 0.105 e. The van der Waals surface area contributed by atoms with Gasteiger partial charge in [0.2, 0.25) is 0 Å². The molecule has 0 unspecified atom stereocenters. The van der Waals surface area contributed by atoms with Gasteiger partial charge in [0.25, 0.3) is 0 Å². The number of rotatable bonds is 7. The summed E-state index contributed by atoms with van der Waals surface area (Å²) in [5.41, 5.74) is 5.42. The molecule has 0 aliphatic heterocycles. The zero-order chi connectivity index (χ0) is 12.3. The smallest absolute Gasteiger partial charge is 0.105 e. The molecular weight excluding hydrogens is 214 g/mol. The fourth-order valence-corrected chi connectivity index (χ4v) is 2.06. The van der Waals surface area contributed by atoms with Crippen LogP contribution in [0.25, 0.3) is 0 Å². The summed E-state index contributed by atoms with van der Waals surface area (Å²) in [5, 5.41) is 7.29. The maximum atomic E-state index is 7.29. The van der Waals surface area contributed by atoms with Gasteiger partial charge in [-0.25, -0.2) is 4.98 Å². The Hall–Kier alpha value is -1.36. The molecular formula is C12H21N5. The van der Waals surface area contributed by atoms with Crippen molar-refractivity contribution in [3.8, 4) is 0 Å². The van der Waals surface area contributed by atoms with Crippen molar-refractivity contribution in [2.75, 3.05) is 13.1 Å². The number of amidine groups is 1. The molecule has 1 saturated carbocycles. The quantitative estimate of drug-likeness (QED) is 0.546. The van der Waals surface area contributed by atoms with Gasteiger partial charge < -0.3 is 10.3 Å². The molecule has 3 N–H and O–H groups in total. The van der Waals surface area contributed by atoms with Crippen LogP contribution in [0.4, 0.5) is 0 Å². The summed E-state index contributed by atoms with van der Waals surface area (Å²) >= 11 is 0. The van der Waals surface area contributed by atoms with Crippen LogP contribution < -0.4 is 5.73 Å². The van der Waals surface area contributed by atoms with E-state index in [4.69, 9.17) is 11.1 Å². The number of imidazole rings is 1. The van der Waals surface area contributed by atoms with Gasteiger partial charge in [-0.2, -0.15) is 0 Å². The number of hydrogen-bond donors (Lipinski definition) is 2. The first-order chi connectivity index (χ1) is 8.16. The Kier molecular flexibility index (Phi) is 3.78. The monoisotopic (exact) mass is 235 g/mol. The van der Waals surface area contributed by atoms with Crippen molar-refractivity contribution in [1.82, 2.24) is 14.5 Å². The Labute approximate surface area is 102 Å². The molecule has 0 atom stereocenters. The second-order valence-electron chi connectivity index (χ2n) is 4.71. The third-order valence-corrected chi connectivity index (χ3v) is 3.28. The largest absolute Gasteiger partial charge is 0.388 e. The Balaban J connectivity index is 1.81. The lowest BCUT2D eigenvalue weighted by molar-refractivity contribution is 0.259. The van der Waals surface area contributed by atoms with E-state index >= 15 is 0 Å². The molecule has 0 radical (unpaired) electrons. The van der Waals surface area contributed by atoms with Crippen molar-refractivity contribution < 1.29 is 0 Å². The lowest BCUT2D eigenvalue weighted by Crippen LogP contribution is -2.32. The predicted octanol–water partition coefficient (Wildman–Crippen LogP) is 0.982. The standard InChI is InChI=1S/C12H21N5/c1-10-15-5-7-16(10)8-9-17(11-2-3-11)6-4-12(13)14/h5,7,11H,2-4,6,8-9H2,1H3,(H3,13,14). The van der Waals surface area contributed by atoms with Gasteiger partial charge in [-0.05, 0) is 19.8 Å². The lowest BCUT2D eigenvalue weighted by Gasteiger charge is -2.22. The highest BCUT2D eigenvalue weighted by atomic mass is 15.2. The van der Waals surface area contributed by atoms with Gasteiger partial charge in [0.1, 0.15) is 5.82 Å². The highest BCUT2D eigenvalue weighted by molar-refractivity contribution is 5.76. The van der Waals surface area contributed by atoms with E-state index in [9.17, 15) is 0 Å². The highest BCUT2D eigenvalue weighted by Gasteiger charge is 2.28. The number of aromatic nitrogens is 2. The second kappa shape index (κ2) is 5.31. The summed E-state index contributed by atoms with van der Waals surface area (Å²) in [6.07, 6.45) is 7.12. The number of aryl methyl sites for hydroxylation is 1. The summed E-state index contributed by atoms with van der Waals surface area (Å²) in [7, 11) is 0. The number of nitrogens with two attached hydrogens (primary N) is 1. The SMILES string of the molecule is Cc1nccn1CCN(CCC(=N)N)C1CC1. The normalized spacial score (nSPS) is 15.4. The molecule has 1 aliphatic carbocycles. The first-order valence-electron chi connectivity index (χ1n) is 6.21. The topological polar surface area (TPSA) is 70.9 Å². The Morgan fingerprint density at radius 3 is 2.88 bits per heavy atom. The van der Waals surface area contributed by atoms with Crippen LogP contribution in [0.5, 0.6) is 0 Å². The van der Waals surface area contributed by atoms with Gasteiger partial charge in [0.15, 0.2) is 0 Å². The highest BCUT2D eigenvalue weighted by Crippen LogP contribution is 2.26. The third-order valence-electron chi connectivity index (χ3n) is 3.28. The maximum absolute atomic E-state index is 7.29. The minimum atomic E-state index is 0.287. The molecule has 1 heterocycles. The number of nitrogens with one attached hydrogen (secondary N) is 1. The van der Waals surface area contributed by atoms with E-state index in [0.29, 0.717) is 6.42 Å². The van der Waals surface area contributed by atoms with Crippen LogP contribution >= 0.6 is 0 Å². The van der Waals surface area contributed by atoms with Crippen molar-refractivity contribution in [3.63, 3.8) is 0 Å². The molecule has 2 rings (SSSR count). The van der Waals surface area contributed by atoms with Crippen molar-refractivity contribution in [2.24, 2.45) is 5.73 Å². The molecule has 0 bridgehead atoms. The van der Waals surface area contributed by atoms with Crippen LogP contribution in [0.3, 0.4) is 0 Å². The summed E-state index contributed by atoms with van der Waals surface area (Å²) in [5.74, 6) is 1.35. The summed E-state index contributed by atoms with van der Waals surface area (Å²) in [6.45, 7) is 4.93. The van der Waals surface area contributed by atoms with Crippen molar-refractivity contribution in [2.45, 2.75) is 38.8 Å². The van der Waals surface area contributed by atoms with Crippen LogP contribution in [0.1, 0.15) is 25.1 Å². The van der Waals surface area contributed by atoms with Gasteiger partial charge >= 0.3 is 0 Å². The fourth-order valence-electron chi connectivity index (χ4n) is 2.06. The zero-order valence-corrected chi connectivity index (χ0v) is 10.4. The average Bonchev–Trinajstić information content (AvgIpc) is 3.03. The van der Waals surface area contributed by atoms with Crippen molar-refractivity contribution in [3.05, 3.63) is 18.2 Å². The van der Waals surface area contributed by atoms with Gasteiger partial charge in [-0.1, -0.05) is 0 Å². The Morgan fingerprint density at radius 2 is 2.35 bits per heavy atom. The minimum absolute atomic E-state index is 0.287. The van der Waals surface area contributed by atoms with E-state index < -0.39 is 0 Å². The molecule has 94 valence electrons. The van der Waals surface area contributed by atoms with Crippen LogP contribution in [-0.2, 0) is 6.54 Å². The number of hydrogen-bond acceptors (Lipinski definition) is 3. The molecule has 1 aromatic heterocycles. The minimum Gasteiger partial charge on any atom is -0.388 e. The summed E-state index contributed by atoms with van der Waals surface area (Å²) in [4.78, 5) is 6.66. The zero-order valence-electron chi connectivity index (χ0n) is 10.4. The van der Waals surface area contributed by atoms with Gasteiger partial charge in [-0.3, -0.25) is 10.3 Å². The molecule has 1 fully saturated rings. The molecule has 17 heavy (non-hydrogen) atoms. The van der Waals surface area contributed by atoms with E-state index in [1.807, 2.05) is 19.3 Å². The summed E-state index contributed by atoms with van der Waals surface area (Å²) in [6, 6.07) is 0.721. The molecule has 1 aromatic rings. The molecule has 5 heteroatoms.